The van der Waals surface area contributed by atoms with Crippen molar-refractivity contribution in [1.29, 1.82) is 0 Å². The third-order valence-electron chi connectivity index (χ3n) is 4.27. The van der Waals surface area contributed by atoms with Crippen LogP contribution in [0.25, 0.3) is 0 Å². The Bertz CT molecular complexity index is 283. The van der Waals surface area contributed by atoms with Crippen molar-refractivity contribution in [2.45, 2.75) is 70.0 Å². The number of aliphatic hydroxyl groups excluding tert-OH is 1. The van der Waals surface area contributed by atoms with Crippen LogP contribution in [0.4, 0.5) is 0 Å². The summed E-state index contributed by atoms with van der Waals surface area (Å²) >= 11 is 0. The van der Waals surface area contributed by atoms with E-state index in [1.165, 1.54) is 6.42 Å². The van der Waals surface area contributed by atoms with E-state index in [0.717, 1.165) is 45.1 Å². The Morgan fingerprint density at radius 2 is 2.17 bits per heavy atom. The van der Waals surface area contributed by atoms with E-state index >= 15 is 0 Å². The van der Waals surface area contributed by atoms with Crippen LogP contribution in [-0.4, -0.2) is 47.2 Å². The molecule has 0 aliphatic carbocycles. The zero-order valence-electron chi connectivity index (χ0n) is 11.4. The summed E-state index contributed by atoms with van der Waals surface area (Å²) in [6.07, 6.45) is 7.29. The zero-order valence-corrected chi connectivity index (χ0v) is 11.4. The van der Waals surface area contributed by atoms with E-state index in [2.05, 4.69) is 17.1 Å². The number of hydrogen-bond acceptors (Lipinski definition) is 3. The highest BCUT2D eigenvalue weighted by Gasteiger charge is 2.34. The van der Waals surface area contributed by atoms with Gasteiger partial charge in [-0.15, -0.1) is 0 Å². The average Bonchev–Trinajstić information content (AvgIpc) is 2.83. The van der Waals surface area contributed by atoms with E-state index in [9.17, 15) is 4.79 Å². The molecule has 2 heterocycles. The van der Waals surface area contributed by atoms with E-state index in [1.807, 2.05) is 0 Å². The molecule has 0 spiro atoms. The topological polar surface area (TPSA) is 52.6 Å². The minimum absolute atomic E-state index is 0.0310. The smallest absolute Gasteiger partial charge is 0.239 e. The lowest BCUT2D eigenvalue weighted by molar-refractivity contribution is -0.135. The number of hydrogen-bond donors (Lipinski definition) is 2. The molecule has 2 aliphatic rings. The fourth-order valence-corrected chi connectivity index (χ4v) is 3.29. The van der Waals surface area contributed by atoms with Gasteiger partial charge in [0.1, 0.15) is 0 Å². The number of piperidine rings is 1. The van der Waals surface area contributed by atoms with Crippen molar-refractivity contribution in [2.24, 2.45) is 0 Å². The van der Waals surface area contributed by atoms with Gasteiger partial charge >= 0.3 is 0 Å². The van der Waals surface area contributed by atoms with Crippen LogP contribution in [0, 0.1) is 0 Å². The first-order valence-corrected chi connectivity index (χ1v) is 7.39. The summed E-state index contributed by atoms with van der Waals surface area (Å²) in [5.41, 5.74) is 0. The van der Waals surface area contributed by atoms with Crippen molar-refractivity contribution in [2.75, 3.05) is 13.2 Å². The molecule has 0 bridgehead atoms. The number of amides is 1. The maximum Gasteiger partial charge on any atom is 0.239 e. The molecule has 3 atom stereocenters. The predicted octanol–water partition coefficient (Wildman–Crippen LogP) is 1.28. The minimum Gasteiger partial charge on any atom is -0.396 e. The second-order valence-corrected chi connectivity index (χ2v) is 5.74. The van der Waals surface area contributed by atoms with E-state index in [4.69, 9.17) is 5.11 Å². The van der Waals surface area contributed by atoms with E-state index in [-0.39, 0.29) is 12.6 Å². The Morgan fingerprint density at radius 3 is 2.89 bits per heavy atom. The largest absolute Gasteiger partial charge is 0.396 e. The standard InChI is InChI=1S/C14H26N2O2/c1-11-5-2-8-13(15-11)14(18)16-9-3-6-12(16)7-4-10-17/h11-13,15,17H,2-10H2,1H3. The lowest BCUT2D eigenvalue weighted by Crippen LogP contribution is -2.52. The van der Waals surface area contributed by atoms with Crippen LogP contribution in [0.1, 0.15) is 51.9 Å². The molecule has 2 aliphatic heterocycles. The van der Waals surface area contributed by atoms with Gasteiger partial charge in [-0.05, 0) is 51.9 Å². The molecule has 4 heteroatoms. The first kappa shape index (κ1) is 13.8. The van der Waals surface area contributed by atoms with Gasteiger partial charge in [0, 0.05) is 25.2 Å². The molecule has 2 fully saturated rings. The average molecular weight is 254 g/mol. The summed E-state index contributed by atoms with van der Waals surface area (Å²) in [4.78, 5) is 14.6. The Balaban J connectivity index is 1.90. The number of carbonyl (C=O) groups is 1. The number of nitrogens with zero attached hydrogens (tertiary/aromatic N) is 1. The van der Waals surface area contributed by atoms with Gasteiger partial charge in [-0.3, -0.25) is 4.79 Å². The molecule has 18 heavy (non-hydrogen) atoms. The maximum absolute atomic E-state index is 12.5. The third-order valence-corrected chi connectivity index (χ3v) is 4.27. The Hall–Kier alpha value is -0.610. The first-order valence-electron chi connectivity index (χ1n) is 7.39. The van der Waals surface area contributed by atoms with E-state index in [0.29, 0.717) is 18.0 Å². The molecule has 0 saturated carbocycles. The highest BCUT2D eigenvalue weighted by molar-refractivity contribution is 5.82. The van der Waals surface area contributed by atoms with E-state index < -0.39 is 0 Å². The number of nitrogens with one attached hydrogen (secondary N) is 1. The van der Waals surface area contributed by atoms with Crippen LogP contribution >= 0.6 is 0 Å². The third kappa shape index (κ3) is 3.23. The summed E-state index contributed by atoms with van der Waals surface area (Å²) in [6, 6.07) is 0.860. The molecule has 2 rings (SSSR count). The summed E-state index contributed by atoms with van der Waals surface area (Å²) in [5.74, 6) is 0.294. The summed E-state index contributed by atoms with van der Waals surface area (Å²) < 4.78 is 0. The SMILES string of the molecule is CC1CCCC(C(=O)N2CCCC2CCCO)N1. The first-order chi connectivity index (χ1) is 8.72. The van der Waals surface area contributed by atoms with Crippen molar-refractivity contribution < 1.29 is 9.90 Å². The van der Waals surface area contributed by atoms with E-state index in [1.54, 1.807) is 0 Å². The Labute approximate surface area is 110 Å². The molecule has 104 valence electrons. The predicted molar refractivity (Wildman–Crippen MR) is 71.3 cm³/mol. The second-order valence-electron chi connectivity index (χ2n) is 5.74. The molecule has 4 nitrogen and oxygen atoms in total. The van der Waals surface area contributed by atoms with Crippen LogP contribution in [-0.2, 0) is 4.79 Å². The Kier molecular flexibility index (Phi) is 5.01. The zero-order chi connectivity index (χ0) is 13.0. The molecule has 0 aromatic carbocycles. The van der Waals surface area contributed by atoms with Gasteiger partial charge < -0.3 is 15.3 Å². The summed E-state index contributed by atoms with van der Waals surface area (Å²) in [6.45, 7) is 3.30. The molecule has 2 N–H and O–H groups in total. The second kappa shape index (κ2) is 6.53. The van der Waals surface area contributed by atoms with Crippen molar-refractivity contribution in [3.05, 3.63) is 0 Å². The van der Waals surface area contributed by atoms with Crippen LogP contribution in [0.5, 0.6) is 0 Å². The highest BCUT2D eigenvalue weighted by Crippen LogP contribution is 2.24. The molecule has 1 amide bonds. The summed E-state index contributed by atoms with van der Waals surface area (Å²) in [5, 5.41) is 12.3. The van der Waals surface area contributed by atoms with Gasteiger partial charge in [0.2, 0.25) is 5.91 Å². The van der Waals surface area contributed by atoms with Gasteiger partial charge in [-0.25, -0.2) is 0 Å². The maximum atomic E-state index is 12.5. The van der Waals surface area contributed by atoms with Gasteiger partial charge in [0.05, 0.1) is 6.04 Å². The van der Waals surface area contributed by atoms with Crippen LogP contribution in [0.15, 0.2) is 0 Å². The minimum atomic E-state index is 0.0310. The molecular weight excluding hydrogens is 228 g/mol. The van der Waals surface area contributed by atoms with Crippen molar-refractivity contribution >= 4 is 5.91 Å². The van der Waals surface area contributed by atoms with Gasteiger partial charge in [-0.1, -0.05) is 0 Å². The van der Waals surface area contributed by atoms with Crippen molar-refractivity contribution in [3.8, 4) is 0 Å². The molecule has 0 aromatic rings. The number of aliphatic hydroxyl groups is 1. The van der Waals surface area contributed by atoms with Crippen LogP contribution in [0.2, 0.25) is 0 Å². The number of rotatable bonds is 4. The fourth-order valence-electron chi connectivity index (χ4n) is 3.29. The van der Waals surface area contributed by atoms with Crippen LogP contribution in [0.3, 0.4) is 0 Å². The quantitative estimate of drug-likeness (QED) is 0.794. The monoisotopic (exact) mass is 254 g/mol. The fraction of sp³-hybridized carbons (Fsp3) is 0.929. The van der Waals surface area contributed by atoms with Gasteiger partial charge in [0.25, 0.3) is 0 Å². The molecular formula is C14H26N2O2. The normalized spacial score (nSPS) is 32.8. The molecule has 0 aromatic heterocycles. The van der Waals surface area contributed by atoms with Crippen molar-refractivity contribution in [1.82, 2.24) is 10.2 Å². The summed E-state index contributed by atoms with van der Waals surface area (Å²) in [7, 11) is 0. The highest BCUT2D eigenvalue weighted by atomic mass is 16.3. The lowest BCUT2D eigenvalue weighted by atomic mass is 9.98. The lowest BCUT2D eigenvalue weighted by Gasteiger charge is -2.33. The van der Waals surface area contributed by atoms with Crippen LogP contribution < -0.4 is 5.32 Å². The van der Waals surface area contributed by atoms with Gasteiger partial charge in [-0.2, -0.15) is 0 Å². The Morgan fingerprint density at radius 1 is 1.33 bits per heavy atom. The van der Waals surface area contributed by atoms with Gasteiger partial charge in [0.15, 0.2) is 0 Å². The molecule has 2 saturated heterocycles. The number of likely N-dealkylation sites (tertiary alicyclic amines) is 1. The number of carbonyl (C=O) groups excluding carboxylic acids is 1. The molecule has 0 radical (unpaired) electrons. The van der Waals surface area contributed by atoms with Crippen molar-refractivity contribution in [3.63, 3.8) is 0 Å². The molecule has 3 unspecified atom stereocenters.